The zero-order valence-corrected chi connectivity index (χ0v) is 28.0. The lowest BCUT2D eigenvalue weighted by Crippen LogP contribution is -2.57. The summed E-state index contributed by atoms with van der Waals surface area (Å²) in [5.74, 6) is -1.18. The van der Waals surface area contributed by atoms with E-state index in [-0.39, 0.29) is 57.0 Å². The number of nitrogens with zero attached hydrogens (tertiary/aromatic N) is 1. The summed E-state index contributed by atoms with van der Waals surface area (Å²) in [5, 5.41) is 44.5. The Morgan fingerprint density at radius 3 is 1.87 bits per heavy atom. The highest BCUT2D eigenvalue weighted by Gasteiger charge is 2.31. The molecule has 4 unspecified atom stereocenters. The third kappa shape index (κ3) is 14.4. The molecule has 0 bridgehead atoms. The van der Waals surface area contributed by atoms with Gasteiger partial charge in [0.1, 0.15) is 12.1 Å². The van der Waals surface area contributed by atoms with Crippen molar-refractivity contribution in [3.05, 3.63) is 35.9 Å². The summed E-state index contributed by atoms with van der Waals surface area (Å²) in [6.45, 7) is 8.77. The van der Waals surface area contributed by atoms with Crippen molar-refractivity contribution in [2.45, 2.75) is 71.2 Å². The molecule has 1 saturated heterocycles. The fourth-order valence-corrected chi connectivity index (χ4v) is 5.21. The van der Waals surface area contributed by atoms with Crippen molar-refractivity contribution in [2.75, 3.05) is 52.6 Å². The molecule has 2 rings (SSSR count). The van der Waals surface area contributed by atoms with Crippen LogP contribution in [0.25, 0.3) is 0 Å². The maximum atomic E-state index is 13.5. The Bertz CT molecular complexity index is 1090. The number of aliphatic hydroxyl groups is 3. The van der Waals surface area contributed by atoms with Crippen molar-refractivity contribution in [3.63, 3.8) is 0 Å². The SMILES string of the molecule is CC(C)C(NC(=O)NCCO)C(=O)NC(c1ccccc1)C(O)CCN(CC1CCOCC1)NC(=O)C(NC(=O)NCCO)C(C)C. The van der Waals surface area contributed by atoms with Crippen molar-refractivity contribution in [3.8, 4) is 0 Å². The number of hydrazine groups is 1. The molecule has 1 heterocycles. The minimum atomic E-state index is -1.07. The van der Waals surface area contributed by atoms with Gasteiger partial charge in [-0.2, -0.15) is 0 Å². The highest BCUT2D eigenvalue weighted by atomic mass is 16.5. The first-order valence-corrected chi connectivity index (χ1v) is 16.4. The summed E-state index contributed by atoms with van der Waals surface area (Å²) < 4.78 is 5.50. The van der Waals surface area contributed by atoms with Crippen LogP contribution in [0.3, 0.4) is 0 Å². The first-order valence-electron chi connectivity index (χ1n) is 16.4. The molecule has 47 heavy (non-hydrogen) atoms. The Labute approximate surface area is 277 Å². The highest BCUT2D eigenvalue weighted by molar-refractivity contribution is 5.88. The van der Waals surface area contributed by atoms with E-state index >= 15 is 0 Å². The Hall–Kier alpha value is -3.50. The number of aliphatic hydroxyl groups excluding tert-OH is 3. The van der Waals surface area contributed by atoms with Crippen molar-refractivity contribution in [1.82, 2.24) is 37.0 Å². The minimum absolute atomic E-state index is 0.0371. The fraction of sp³-hybridized carbons (Fsp3) is 0.688. The second-order valence-electron chi connectivity index (χ2n) is 12.4. The summed E-state index contributed by atoms with van der Waals surface area (Å²) in [4.78, 5) is 51.5. The second-order valence-corrected chi connectivity index (χ2v) is 12.4. The van der Waals surface area contributed by atoms with E-state index in [9.17, 15) is 24.3 Å². The second kappa shape index (κ2) is 21.4. The number of amides is 6. The Morgan fingerprint density at radius 1 is 0.830 bits per heavy atom. The zero-order chi connectivity index (χ0) is 34.8. The fourth-order valence-electron chi connectivity index (χ4n) is 5.21. The molecule has 0 aromatic heterocycles. The predicted molar refractivity (Wildman–Crippen MR) is 176 cm³/mol. The standard InChI is InChI=1S/C32H55N7O8/c1-21(2)26(36-31(45)33-13-16-40)29(43)35-28(24-8-6-5-7-9-24)25(42)10-15-39(20-23-11-18-47-19-12-23)38-30(44)27(22(3)4)37-32(46)34-14-17-41/h5-9,21-23,25-28,40-42H,10-20H2,1-4H3,(H,35,43)(H,38,44)(H2,33,36,45)(H2,34,37,46). The van der Waals surface area contributed by atoms with Crippen molar-refractivity contribution < 1.29 is 39.2 Å². The van der Waals surface area contributed by atoms with Gasteiger partial charge in [-0.05, 0) is 42.6 Å². The molecule has 9 N–H and O–H groups in total. The maximum Gasteiger partial charge on any atom is 0.315 e. The van der Waals surface area contributed by atoms with Gasteiger partial charge in [0.25, 0.3) is 5.91 Å². The van der Waals surface area contributed by atoms with E-state index in [1.165, 1.54) is 0 Å². The maximum absolute atomic E-state index is 13.5. The van der Waals surface area contributed by atoms with Gasteiger partial charge in [0.05, 0.1) is 25.4 Å². The molecule has 4 atom stereocenters. The molecule has 1 aliphatic rings. The molecule has 0 spiro atoms. The first kappa shape index (κ1) is 39.7. The van der Waals surface area contributed by atoms with Gasteiger partial charge in [0, 0.05) is 39.4 Å². The summed E-state index contributed by atoms with van der Waals surface area (Å²) in [6, 6.07) is 5.26. The molecule has 266 valence electrons. The average molecular weight is 666 g/mol. The normalized spacial score (nSPS) is 16.2. The number of rotatable bonds is 19. The van der Waals surface area contributed by atoms with Crippen LogP contribution in [0, 0.1) is 17.8 Å². The topological polar surface area (TPSA) is 214 Å². The molecule has 0 radical (unpaired) electrons. The number of benzene rings is 1. The van der Waals surface area contributed by atoms with Gasteiger partial charge in [-0.25, -0.2) is 14.6 Å². The van der Waals surface area contributed by atoms with E-state index in [4.69, 9.17) is 14.9 Å². The predicted octanol–water partition coefficient (Wildman–Crippen LogP) is -0.0131. The van der Waals surface area contributed by atoms with Gasteiger partial charge in [-0.1, -0.05) is 58.0 Å². The molecule has 1 aliphatic heterocycles. The van der Waals surface area contributed by atoms with Gasteiger partial charge in [-0.3, -0.25) is 15.0 Å². The zero-order valence-electron chi connectivity index (χ0n) is 28.0. The third-order valence-electron chi connectivity index (χ3n) is 7.89. The molecule has 0 saturated carbocycles. The Balaban J connectivity index is 2.21. The van der Waals surface area contributed by atoms with Crippen LogP contribution in [0.4, 0.5) is 9.59 Å². The van der Waals surface area contributed by atoms with Crippen LogP contribution >= 0.6 is 0 Å². The molecule has 15 heteroatoms. The molecule has 15 nitrogen and oxygen atoms in total. The smallest absolute Gasteiger partial charge is 0.315 e. The Morgan fingerprint density at radius 2 is 1.36 bits per heavy atom. The first-order chi connectivity index (χ1) is 22.5. The third-order valence-corrected chi connectivity index (χ3v) is 7.89. The van der Waals surface area contributed by atoms with Crippen LogP contribution in [-0.2, 0) is 14.3 Å². The van der Waals surface area contributed by atoms with Crippen molar-refractivity contribution in [1.29, 1.82) is 0 Å². The number of carbonyl (C=O) groups excluding carboxylic acids is 4. The van der Waals surface area contributed by atoms with Gasteiger partial charge in [0.15, 0.2) is 0 Å². The average Bonchev–Trinajstić information content (AvgIpc) is 3.05. The molecular formula is C32H55N7O8. The lowest BCUT2D eigenvalue weighted by atomic mass is 9.96. The lowest BCUT2D eigenvalue weighted by molar-refractivity contribution is -0.129. The van der Waals surface area contributed by atoms with Crippen LogP contribution in [-0.4, -0.2) is 115 Å². The number of ether oxygens (including phenoxy) is 1. The number of carbonyl (C=O) groups is 4. The van der Waals surface area contributed by atoms with Crippen LogP contribution in [0.1, 0.15) is 58.6 Å². The van der Waals surface area contributed by atoms with Crippen molar-refractivity contribution >= 4 is 23.9 Å². The number of urea groups is 2. The lowest BCUT2D eigenvalue weighted by Gasteiger charge is -2.33. The molecule has 1 fully saturated rings. The molecule has 6 amide bonds. The van der Waals surface area contributed by atoms with Gasteiger partial charge in [-0.15, -0.1) is 0 Å². The van der Waals surface area contributed by atoms with E-state index in [0.717, 1.165) is 12.8 Å². The van der Waals surface area contributed by atoms with E-state index in [1.807, 2.05) is 19.9 Å². The summed E-state index contributed by atoms with van der Waals surface area (Å²) in [7, 11) is 0. The van der Waals surface area contributed by atoms with Gasteiger partial charge >= 0.3 is 12.1 Å². The molecule has 1 aromatic carbocycles. The van der Waals surface area contributed by atoms with Gasteiger partial charge < -0.3 is 46.6 Å². The van der Waals surface area contributed by atoms with E-state index in [2.05, 4.69) is 32.0 Å². The van der Waals surface area contributed by atoms with Crippen LogP contribution in [0.2, 0.25) is 0 Å². The summed E-state index contributed by atoms with van der Waals surface area (Å²) in [5.41, 5.74) is 3.61. The summed E-state index contributed by atoms with van der Waals surface area (Å²) in [6.07, 6.45) is 0.705. The highest BCUT2D eigenvalue weighted by Crippen LogP contribution is 2.22. The Kier molecular flexibility index (Phi) is 18.1. The molecule has 0 aliphatic carbocycles. The van der Waals surface area contributed by atoms with Crippen molar-refractivity contribution in [2.24, 2.45) is 17.8 Å². The number of hydrogen-bond acceptors (Lipinski definition) is 9. The van der Waals surface area contributed by atoms with E-state index in [0.29, 0.717) is 25.3 Å². The quantitative estimate of drug-likeness (QED) is 0.0908. The van der Waals surface area contributed by atoms with Crippen LogP contribution < -0.4 is 32.0 Å². The number of hydrogen-bond donors (Lipinski definition) is 9. The summed E-state index contributed by atoms with van der Waals surface area (Å²) >= 11 is 0. The van der Waals surface area contributed by atoms with Gasteiger partial charge in [0.2, 0.25) is 5.91 Å². The largest absolute Gasteiger partial charge is 0.395 e. The van der Waals surface area contributed by atoms with Crippen LogP contribution in [0.15, 0.2) is 30.3 Å². The molecular weight excluding hydrogens is 610 g/mol. The van der Waals surface area contributed by atoms with E-state index < -0.39 is 48.1 Å². The van der Waals surface area contributed by atoms with Crippen LogP contribution in [0.5, 0.6) is 0 Å². The minimum Gasteiger partial charge on any atom is -0.395 e. The van der Waals surface area contributed by atoms with E-state index in [1.54, 1.807) is 43.1 Å². The number of nitrogens with one attached hydrogen (secondary N) is 6. The molecule has 1 aromatic rings. The monoisotopic (exact) mass is 665 g/mol.